The van der Waals surface area contributed by atoms with Crippen molar-refractivity contribution in [3.8, 4) is 5.75 Å². The molecule has 0 aliphatic rings. The molecule has 21 heavy (non-hydrogen) atoms. The van der Waals surface area contributed by atoms with Crippen LogP contribution in [0.2, 0.25) is 0 Å². The van der Waals surface area contributed by atoms with E-state index in [-0.39, 0.29) is 5.91 Å². The lowest BCUT2D eigenvalue weighted by molar-refractivity contribution is -0.122. The molecule has 0 heterocycles. The average Bonchev–Trinajstić information content (AvgIpc) is 2.37. The summed E-state index contributed by atoms with van der Waals surface area (Å²) in [6, 6.07) is 13.4. The lowest BCUT2D eigenvalue weighted by atomic mass is 10.1. The van der Waals surface area contributed by atoms with Crippen molar-refractivity contribution in [1.29, 1.82) is 0 Å². The van der Waals surface area contributed by atoms with Crippen LogP contribution in [-0.4, -0.2) is 12.0 Å². The van der Waals surface area contributed by atoms with Gasteiger partial charge in [-0.25, -0.2) is 0 Å². The minimum absolute atomic E-state index is 0.174. The van der Waals surface area contributed by atoms with E-state index in [1.807, 2.05) is 50.2 Å². The molecule has 4 heteroatoms. The van der Waals surface area contributed by atoms with Crippen LogP contribution in [0.25, 0.3) is 0 Å². The SMILES string of the molecule is Cc1cc(C)cc(OC(C)C(=O)Nc2cccc(Br)c2)c1. The van der Waals surface area contributed by atoms with E-state index in [9.17, 15) is 4.79 Å². The molecule has 2 aromatic carbocycles. The molecular formula is C17H18BrNO2. The van der Waals surface area contributed by atoms with Crippen LogP contribution in [0.5, 0.6) is 5.75 Å². The van der Waals surface area contributed by atoms with Crippen LogP contribution < -0.4 is 10.1 Å². The first-order valence-electron chi connectivity index (χ1n) is 6.75. The van der Waals surface area contributed by atoms with E-state index >= 15 is 0 Å². The molecule has 110 valence electrons. The molecule has 0 aliphatic carbocycles. The first-order chi connectivity index (χ1) is 9.94. The zero-order valence-corrected chi connectivity index (χ0v) is 13.9. The first-order valence-corrected chi connectivity index (χ1v) is 7.55. The number of anilines is 1. The number of hydrogen-bond donors (Lipinski definition) is 1. The quantitative estimate of drug-likeness (QED) is 0.885. The normalized spacial score (nSPS) is 11.8. The number of rotatable bonds is 4. The Morgan fingerprint density at radius 2 is 1.81 bits per heavy atom. The molecule has 3 nitrogen and oxygen atoms in total. The van der Waals surface area contributed by atoms with Gasteiger partial charge in [-0.2, -0.15) is 0 Å². The summed E-state index contributed by atoms with van der Waals surface area (Å²) >= 11 is 3.38. The maximum atomic E-state index is 12.1. The number of carbonyl (C=O) groups excluding carboxylic acids is 1. The molecule has 2 aromatic rings. The highest BCUT2D eigenvalue weighted by molar-refractivity contribution is 9.10. The van der Waals surface area contributed by atoms with Gasteiger partial charge in [0.05, 0.1) is 0 Å². The van der Waals surface area contributed by atoms with Gasteiger partial charge in [-0.1, -0.05) is 28.1 Å². The molecule has 1 N–H and O–H groups in total. The predicted molar refractivity (Wildman–Crippen MR) is 88.8 cm³/mol. The summed E-state index contributed by atoms with van der Waals surface area (Å²) < 4.78 is 6.64. The maximum absolute atomic E-state index is 12.1. The van der Waals surface area contributed by atoms with Crippen molar-refractivity contribution in [3.05, 3.63) is 58.1 Å². The fourth-order valence-electron chi connectivity index (χ4n) is 2.07. The Morgan fingerprint density at radius 1 is 1.14 bits per heavy atom. The van der Waals surface area contributed by atoms with E-state index in [0.717, 1.165) is 21.3 Å². The molecule has 0 radical (unpaired) electrons. The smallest absolute Gasteiger partial charge is 0.265 e. The van der Waals surface area contributed by atoms with Gasteiger partial charge in [-0.15, -0.1) is 0 Å². The number of aryl methyl sites for hydroxylation is 2. The van der Waals surface area contributed by atoms with Crippen LogP contribution in [-0.2, 0) is 4.79 Å². The van der Waals surface area contributed by atoms with Crippen molar-refractivity contribution in [1.82, 2.24) is 0 Å². The molecule has 0 saturated carbocycles. The fourth-order valence-corrected chi connectivity index (χ4v) is 2.47. The van der Waals surface area contributed by atoms with Crippen LogP contribution in [0.3, 0.4) is 0 Å². The summed E-state index contributed by atoms with van der Waals surface area (Å²) in [6.07, 6.45) is -0.565. The molecule has 1 unspecified atom stereocenters. The molecule has 0 aliphatic heterocycles. The van der Waals surface area contributed by atoms with Gasteiger partial charge in [0.1, 0.15) is 5.75 Å². The third kappa shape index (κ3) is 4.60. The summed E-state index contributed by atoms with van der Waals surface area (Å²) in [6.45, 7) is 5.75. The third-order valence-electron chi connectivity index (χ3n) is 2.97. The Labute approximate surface area is 133 Å². The van der Waals surface area contributed by atoms with Crippen LogP contribution in [0.15, 0.2) is 46.9 Å². The number of hydrogen-bond acceptors (Lipinski definition) is 2. The summed E-state index contributed by atoms with van der Waals surface area (Å²) in [5, 5.41) is 2.84. The molecule has 0 spiro atoms. The van der Waals surface area contributed by atoms with Crippen LogP contribution in [0, 0.1) is 13.8 Å². The zero-order valence-electron chi connectivity index (χ0n) is 12.3. The monoisotopic (exact) mass is 347 g/mol. The zero-order chi connectivity index (χ0) is 15.4. The van der Waals surface area contributed by atoms with E-state index in [4.69, 9.17) is 4.74 Å². The number of carbonyl (C=O) groups is 1. The first kappa shape index (κ1) is 15.6. The second-order valence-electron chi connectivity index (χ2n) is 5.08. The number of amides is 1. The van der Waals surface area contributed by atoms with Gasteiger partial charge in [0.2, 0.25) is 0 Å². The highest BCUT2D eigenvalue weighted by Crippen LogP contribution is 2.19. The minimum atomic E-state index is -0.565. The van der Waals surface area contributed by atoms with Crippen molar-refractivity contribution in [2.45, 2.75) is 26.9 Å². The van der Waals surface area contributed by atoms with E-state index in [1.54, 1.807) is 6.92 Å². The Bertz CT molecular complexity index is 635. The van der Waals surface area contributed by atoms with Crippen molar-refractivity contribution in [2.75, 3.05) is 5.32 Å². The maximum Gasteiger partial charge on any atom is 0.265 e. The standard InChI is InChI=1S/C17H18BrNO2/c1-11-7-12(2)9-16(8-11)21-13(3)17(20)19-15-6-4-5-14(18)10-15/h4-10,13H,1-3H3,(H,19,20). The minimum Gasteiger partial charge on any atom is -0.481 e. The largest absolute Gasteiger partial charge is 0.481 e. The lowest BCUT2D eigenvalue weighted by Crippen LogP contribution is -2.30. The van der Waals surface area contributed by atoms with E-state index < -0.39 is 6.10 Å². The Kier molecular flexibility index (Phi) is 5.02. The van der Waals surface area contributed by atoms with Gasteiger partial charge in [0.15, 0.2) is 6.10 Å². The average molecular weight is 348 g/mol. The van der Waals surface area contributed by atoms with Crippen molar-refractivity contribution in [3.63, 3.8) is 0 Å². The van der Waals surface area contributed by atoms with Crippen molar-refractivity contribution in [2.24, 2.45) is 0 Å². The molecular weight excluding hydrogens is 330 g/mol. The van der Waals surface area contributed by atoms with Gasteiger partial charge in [-0.3, -0.25) is 4.79 Å². The van der Waals surface area contributed by atoms with E-state index in [2.05, 4.69) is 27.3 Å². The van der Waals surface area contributed by atoms with Gasteiger partial charge in [0, 0.05) is 10.2 Å². The van der Waals surface area contributed by atoms with Crippen LogP contribution in [0.1, 0.15) is 18.1 Å². The Hall–Kier alpha value is -1.81. The molecule has 2 rings (SSSR count). The van der Waals surface area contributed by atoms with Crippen molar-refractivity contribution < 1.29 is 9.53 Å². The summed E-state index contributed by atoms with van der Waals surface area (Å²) in [5.41, 5.74) is 2.97. The fraction of sp³-hybridized carbons (Fsp3) is 0.235. The van der Waals surface area contributed by atoms with Gasteiger partial charge >= 0.3 is 0 Å². The van der Waals surface area contributed by atoms with Gasteiger partial charge in [-0.05, 0) is 62.2 Å². The summed E-state index contributed by atoms with van der Waals surface area (Å²) in [5.74, 6) is 0.539. The van der Waals surface area contributed by atoms with Crippen LogP contribution >= 0.6 is 15.9 Å². The Morgan fingerprint density at radius 3 is 2.43 bits per heavy atom. The second kappa shape index (κ2) is 6.76. The highest BCUT2D eigenvalue weighted by Gasteiger charge is 2.15. The summed E-state index contributed by atoms with van der Waals surface area (Å²) in [7, 11) is 0. The Balaban J connectivity index is 2.02. The number of halogens is 1. The van der Waals surface area contributed by atoms with Crippen LogP contribution in [0.4, 0.5) is 5.69 Å². The second-order valence-corrected chi connectivity index (χ2v) is 6.00. The molecule has 0 bridgehead atoms. The van der Waals surface area contributed by atoms with E-state index in [0.29, 0.717) is 5.75 Å². The lowest BCUT2D eigenvalue weighted by Gasteiger charge is -2.15. The third-order valence-corrected chi connectivity index (χ3v) is 3.46. The van der Waals surface area contributed by atoms with E-state index in [1.165, 1.54) is 0 Å². The predicted octanol–water partition coefficient (Wildman–Crippen LogP) is 4.47. The van der Waals surface area contributed by atoms with Gasteiger partial charge in [0.25, 0.3) is 5.91 Å². The highest BCUT2D eigenvalue weighted by atomic mass is 79.9. The summed E-state index contributed by atoms with van der Waals surface area (Å²) in [4.78, 5) is 12.1. The molecule has 0 aromatic heterocycles. The number of benzene rings is 2. The number of nitrogens with one attached hydrogen (secondary N) is 1. The molecule has 1 amide bonds. The number of ether oxygens (including phenoxy) is 1. The molecule has 0 saturated heterocycles. The van der Waals surface area contributed by atoms with Gasteiger partial charge < -0.3 is 10.1 Å². The topological polar surface area (TPSA) is 38.3 Å². The molecule has 0 fully saturated rings. The molecule has 1 atom stereocenters. The van der Waals surface area contributed by atoms with Crippen molar-refractivity contribution >= 4 is 27.5 Å².